The van der Waals surface area contributed by atoms with Crippen molar-refractivity contribution in [2.24, 2.45) is 0 Å². The second kappa shape index (κ2) is 5.50. The second-order valence-electron chi connectivity index (χ2n) is 5.58. The number of aryl methyl sites for hydroxylation is 1. The summed E-state index contributed by atoms with van der Waals surface area (Å²) in [6.45, 7) is 2.56. The number of amides is 2. The zero-order chi connectivity index (χ0) is 15.1. The predicted octanol–water partition coefficient (Wildman–Crippen LogP) is 3.03. The van der Waals surface area contributed by atoms with Crippen LogP contribution in [0, 0.1) is 6.92 Å². The van der Waals surface area contributed by atoms with Gasteiger partial charge in [-0.3, -0.25) is 14.5 Å². The quantitative estimate of drug-likeness (QED) is 0.795. The fourth-order valence-electron chi connectivity index (χ4n) is 3.02. The lowest BCUT2D eigenvalue weighted by Gasteiger charge is -2.42. The molecule has 1 unspecified atom stereocenters. The van der Waals surface area contributed by atoms with Gasteiger partial charge in [0.2, 0.25) is 11.8 Å². The van der Waals surface area contributed by atoms with Gasteiger partial charge in [-0.2, -0.15) is 0 Å². The fraction of sp³-hybridized carbons (Fsp3) is 0.467. The molecular weight excluding hydrogens is 311 g/mol. The molecule has 3 rings (SSSR count). The average molecular weight is 327 g/mol. The second-order valence-corrected chi connectivity index (χ2v) is 6.39. The van der Waals surface area contributed by atoms with Gasteiger partial charge in [0.15, 0.2) is 0 Å². The van der Waals surface area contributed by atoms with E-state index in [4.69, 9.17) is 23.2 Å². The van der Waals surface area contributed by atoms with Crippen LogP contribution in [0.3, 0.4) is 0 Å². The zero-order valence-electron chi connectivity index (χ0n) is 11.7. The van der Waals surface area contributed by atoms with Crippen molar-refractivity contribution >= 4 is 40.7 Å². The van der Waals surface area contributed by atoms with Crippen molar-refractivity contribution in [2.45, 2.75) is 32.2 Å². The molecule has 2 aliphatic rings. The number of nitrogens with zero attached hydrogens (tertiary/aromatic N) is 2. The molecule has 2 saturated heterocycles. The summed E-state index contributed by atoms with van der Waals surface area (Å²) >= 11 is 12.4. The number of hydrogen-bond acceptors (Lipinski definition) is 2. The van der Waals surface area contributed by atoms with E-state index in [1.807, 2.05) is 6.92 Å². The van der Waals surface area contributed by atoms with E-state index in [0.29, 0.717) is 22.3 Å². The van der Waals surface area contributed by atoms with Crippen LogP contribution < -0.4 is 4.90 Å². The third-order valence-corrected chi connectivity index (χ3v) is 4.90. The zero-order valence-corrected chi connectivity index (χ0v) is 13.2. The SMILES string of the molecule is Cc1cc(Cl)c(N2CC(=O)N3CCCCC3C2=O)cc1Cl. The van der Waals surface area contributed by atoms with Crippen molar-refractivity contribution < 1.29 is 9.59 Å². The summed E-state index contributed by atoms with van der Waals surface area (Å²) in [6, 6.07) is 3.05. The molecule has 0 aromatic heterocycles. The lowest BCUT2D eigenvalue weighted by Crippen LogP contribution is -2.61. The molecule has 0 radical (unpaired) electrons. The van der Waals surface area contributed by atoms with E-state index in [2.05, 4.69) is 0 Å². The summed E-state index contributed by atoms with van der Waals surface area (Å²) in [6.07, 6.45) is 2.65. The Bertz CT molecular complexity index is 618. The Morgan fingerprint density at radius 3 is 2.67 bits per heavy atom. The van der Waals surface area contributed by atoms with Crippen LogP contribution in [0.1, 0.15) is 24.8 Å². The Balaban J connectivity index is 1.97. The minimum absolute atomic E-state index is 0.0212. The van der Waals surface area contributed by atoms with Crippen LogP contribution in [0.4, 0.5) is 5.69 Å². The van der Waals surface area contributed by atoms with Gasteiger partial charge in [0.25, 0.3) is 0 Å². The molecule has 112 valence electrons. The summed E-state index contributed by atoms with van der Waals surface area (Å²) < 4.78 is 0. The highest BCUT2D eigenvalue weighted by Gasteiger charge is 2.41. The number of anilines is 1. The molecule has 0 N–H and O–H groups in total. The van der Waals surface area contributed by atoms with Gasteiger partial charge in [-0.05, 0) is 43.9 Å². The first-order chi connectivity index (χ1) is 9.99. The summed E-state index contributed by atoms with van der Waals surface area (Å²) in [5.41, 5.74) is 1.37. The molecule has 0 spiro atoms. The highest BCUT2D eigenvalue weighted by molar-refractivity contribution is 6.36. The Labute approximate surface area is 133 Å². The van der Waals surface area contributed by atoms with E-state index in [9.17, 15) is 9.59 Å². The van der Waals surface area contributed by atoms with Gasteiger partial charge in [-0.1, -0.05) is 23.2 Å². The van der Waals surface area contributed by atoms with Crippen molar-refractivity contribution in [3.05, 3.63) is 27.7 Å². The van der Waals surface area contributed by atoms with E-state index in [-0.39, 0.29) is 24.4 Å². The van der Waals surface area contributed by atoms with Crippen LogP contribution in [-0.2, 0) is 9.59 Å². The van der Waals surface area contributed by atoms with Gasteiger partial charge in [0.05, 0.1) is 10.7 Å². The number of piperidine rings is 1. The van der Waals surface area contributed by atoms with Crippen LogP contribution in [0.5, 0.6) is 0 Å². The number of carbonyl (C=O) groups is 2. The molecule has 1 aromatic carbocycles. The van der Waals surface area contributed by atoms with Gasteiger partial charge in [-0.15, -0.1) is 0 Å². The summed E-state index contributed by atoms with van der Waals surface area (Å²) in [4.78, 5) is 28.1. The molecule has 2 amide bonds. The molecule has 21 heavy (non-hydrogen) atoms. The normalized spacial score (nSPS) is 22.5. The van der Waals surface area contributed by atoms with E-state index < -0.39 is 0 Å². The average Bonchev–Trinajstić information content (AvgIpc) is 2.47. The fourth-order valence-corrected chi connectivity index (χ4v) is 3.50. The Morgan fingerprint density at radius 1 is 1.14 bits per heavy atom. The molecule has 4 nitrogen and oxygen atoms in total. The largest absolute Gasteiger partial charge is 0.329 e. The monoisotopic (exact) mass is 326 g/mol. The van der Waals surface area contributed by atoms with Crippen LogP contribution in [0.25, 0.3) is 0 Å². The highest BCUT2D eigenvalue weighted by Crippen LogP contribution is 2.34. The standard InChI is InChI=1S/C15H16Cl2N2O2/c1-9-6-11(17)13(7-10(9)16)19-8-14(20)18-5-3-2-4-12(18)15(19)21/h6-7,12H,2-5,8H2,1H3. The van der Waals surface area contributed by atoms with E-state index in [0.717, 1.165) is 24.8 Å². The molecule has 2 heterocycles. The van der Waals surface area contributed by atoms with Gasteiger partial charge in [0.1, 0.15) is 12.6 Å². The molecule has 6 heteroatoms. The van der Waals surface area contributed by atoms with E-state index in [1.165, 1.54) is 4.90 Å². The Hall–Kier alpha value is -1.26. The van der Waals surface area contributed by atoms with Crippen LogP contribution >= 0.6 is 23.2 Å². The number of benzene rings is 1. The maximum absolute atomic E-state index is 12.7. The van der Waals surface area contributed by atoms with Crippen molar-refractivity contribution in [1.29, 1.82) is 0 Å². The lowest BCUT2D eigenvalue weighted by molar-refractivity contribution is -0.144. The Morgan fingerprint density at radius 2 is 1.90 bits per heavy atom. The van der Waals surface area contributed by atoms with Gasteiger partial charge in [-0.25, -0.2) is 0 Å². The minimum atomic E-state index is -0.351. The smallest absolute Gasteiger partial charge is 0.250 e. The number of halogens is 2. The molecule has 2 fully saturated rings. The summed E-state index contributed by atoms with van der Waals surface area (Å²) in [5, 5.41) is 0.989. The van der Waals surface area contributed by atoms with Crippen LogP contribution in [0.2, 0.25) is 10.0 Å². The van der Waals surface area contributed by atoms with Gasteiger partial charge >= 0.3 is 0 Å². The number of carbonyl (C=O) groups excluding carboxylic acids is 2. The molecule has 0 bridgehead atoms. The topological polar surface area (TPSA) is 40.6 Å². The minimum Gasteiger partial charge on any atom is -0.329 e. The van der Waals surface area contributed by atoms with Crippen molar-refractivity contribution in [2.75, 3.05) is 18.0 Å². The molecule has 1 aromatic rings. The summed E-state index contributed by atoms with van der Waals surface area (Å²) in [7, 11) is 0. The number of rotatable bonds is 1. The van der Waals surface area contributed by atoms with E-state index >= 15 is 0 Å². The van der Waals surface area contributed by atoms with Crippen molar-refractivity contribution in [3.63, 3.8) is 0 Å². The molecular formula is C15H16Cl2N2O2. The van der Waals surface area contributed by atoms with Crippen molar-refractivity contribution in [1.82, 2.24) is 4.90 Å². The lowest BCUT2D eigenvalue weighted by atomic mass is 9.98. The first-order valence-corrected chi connectivity index (χ1v) is 7.81. The van der Waals surface area contributed by atoms with Crippen LogP contribution in [0.15, 0.2) is 12.1 Å². The Kier molecular flexibility index (Phi) is 3.84. The molecule has 2 aliphatic heterocycles. The summed E-state index contributed by atoms with van der Waals surface area (Å²) in [5.74, 6) is -0.0804. The predicted molar refractivity (Wildman–Crippen MR) is 82.9 cm³/mol. The number of fused-ring (bicyclic) bond motifs is 1. The third kappa shape index (κ3) is 2.51. The van der Waals surface area contributed by atoms with Gasteiger partial charge in [0, 0.05) is 11.6 Å². The highest BCUT2D eigenvalue weighted by atomic mass is 35.5. The third-order valence-electron chi connectivity index (χ3n) is 4.19. The van der Waals surface area contributed by atoms with E-state index in [1.54, 1.807) is 17.0 Å². The van der Waals surface area contributed by atoms with Crippen LogP contribution in [-0.4, -0.2) is 35.8 Å². The first kappa shape index (κ1) is 14.7. The maximum atomic E-state index is 12.7. The molecule has 1 atom stereocenters. The molecule has 0 saturated carbocycles. The molecule has 0 aliphatic carbocycles. The number of hydrogen-bond donors (Lipinski definition) is 0. The first-order valence-electron chi connectivity index (χ1n) is 7.05. The van der Waals surface area contributed by atoms with Crippen molar-refractivity contribution in [3.8, 4) is 0 Å². The van der Waals surface area contributed by atoms with Gasteiger partial charge < -0.3 is 4.90 Å². The number of piperazine rings is 1. The maximum Gasteiger partial charge on any atom is 0.250 e.